The number of aromatic nitrogens is 4. The van der Waals surface area contributed by atoms with E-state index in [0.29, 0.717) is 15.7 Å². The van der Waals surface area contributed by atoms with E-state index < -0.39 is 17.1 Å². The van der Waals surface area contributed by atoms with Gasteiger partial charge in [-0.25, -0.2) is 9.59 Å². The van der Waals surface area contributed by atoms with E-state index in [1.54, 1.807) is 26.2 Å². The molecule has 0 unspecified atom stereocenters. The monoisotopic (exact) mass is 407 g/mol. The van der Waals surface area contributed by atoms with E-state index >= 15 is 0 Å². The molecule has 0 fully saturated rings. The number of aryl methyl sites for hydroxylation is 2. The highest BCUT2D eigenvalue weighted by atomic mass is 79.9. The third kappa shape index (κ3) is 2.64. The van der Waals surface area contributed by atoms with Crippen molar-refractivity contribution in [2.45, 2.75) is 0 Å². The smallest absolute Gasteiger partial charge is 0.330 e. The molecule has 0 bridgehead atoms. The van der Waals surface area contributed by atoms with Gasteiger partial charge in [0.1, 0.15) is 5.56 Å². The SMILES string of the molecule is Cn1c(O)c(C=Nc2cc3c(cc2Br)n(C)c(=O)n3C)c(=O)[nH]c1=O. The van der Waals surface area contributed by atoms with Gasteiger partial charge in [-0.2, -0.15) is 0 Å². The zero-order chi connectivity index (χ0) is 18.5. The van der Waals surface area contributed by atoms with Crippen molar-refractivity contribution < 1.29 is 5.11 Å². The molecule has 0 aliphatic rings. The second-order valence-corrected chi connectivity index (χ2v) is 6.36. The van der Waals surface area contributed by atoms with Crippen molar-refractivity contribution in [3.8, 4) is 5.88 Å². The number of nitrogens with one attached hydrogen (secondary N) is 1. The molecule has 10 heteroatoms. The molecule has 0 saturated heterocycles. The summed E-state index contributed by atoms with van der Waals surface area (Å²) in [6, 6.07) is 3.43. The van der Waals surface area contributed by atoms with E-state index in [4.69, 9.17) is 0 Å². The van der Waals surface area contributed by atoms with Crippen molar-refractivity contribution in [3.05, 3.63) is 53.5 Å². The molecule has 0 aliphatic heterocycles. The fourth-order valence-corrected chi connectivity index (χ4v) is 2.92. The van der Waals surface area contributed by atoms with Crippen LogP contribution in [-0.2, 0) is 21.1 Å². The molecule has 2 N–H and O–H groups in total. The predicted molar refractivity (Wildman–Crippen MR) is 97.1 cm³/mol. The third-order valence-corrected chi connectivity index (χ3v) is 4.64. The molecule has 0 saturated carbocycles. The zero-order valence-electron chi connectivity index (χ0n) is 13.6. The maximum Gasteiger partial charge on any atom is 0.330 e. The van der Waals surface area contributed by atoms with Gasteiger partial charge in [-0.15, -0.1) is 0 Å². The van der Waals surface area contributed by atoms with Crippen LogP contribution in [0.25, 0.3) is 11.0 Å². The summed E-state index contributed by atoms with van der Waals surface area (Å²) in [7, 11) is 4.64. The Kier molecular flexibility index (Phi) is 3.99. The number of H-pyrrole nitrogens is 1. The number of fused-ring (bicyclic) bond motifs is 1. The molecule has 0 spiro atoms. The third-order valence-electron chi connectivity index (χ3n) is 4.00. The topological polar surface area (TPSA) is 114 Å². The number of hydrogen-bond donors (Lipinski definition) is 2. The summed E-state index contributed by atoms with van der Waals surface area (Å²) in [5.41, 5.74) is 0.0744. The van der Waals surface area contributed by atoms with Crippen molar-refractivity contribution in [1.29, 1.82) is 0 Å². The second kappa shape index (κ2) is 5.88. The summed E-state index contributed by atoms with van der Waals surface area (Å²) < 4.78 is 4.51. The number of rotatable bonds is 2. The lowest BCUT2D eigenvalue weighted by atomic mass is 10.2. The largest absolute Gasteiger partial charge is 0.494 e. The van der Waals surface area contributed by atoms with E-state index in [9.17, 15) is 19.5 Å². The van der Waals surface area contributed by atoms with Gasteiger partial charge in [-0.1, -0.05) is 0 Å². The molecular weight excluding hydrogens is 394 g/mol. The van der Waals surface area contributed by atoms with E-state index in [-0.39, 0.29) is 11.3 Å². The first-order chi connectivity index (χ1) is 11.7. The summed E-state index contributed by atoms with van der Waals surface area (Å²) in [4.78, 5) is 41.6. The van der Waals surface area contributed by atoms with Crippen molar-refractivity contribution in [2.24, 2.45) is 26.1 Å². The van der Waals surface area contributed by atoms with E-state index in [1.165, 1.54) is 22.4 Å². The average molecular weight is 408 g/mol. The maximum absolute atomic E-state index is 12.0. The number of aromatic amines is 1. The van der Waals surface area contributed by atoms with Crippen LogP contribution in [-0.4, -0.2) is 30.0 Å². The van der Waals surface area contributed by atoms with Gasteiger partial charge in [0.05, 0.1) is 16.7 Å². The normalized spacial score (nSPS) is 11.7. The van der Waals surface area contributed by atoms with Crippen molar-refractivity contribution in [2.75, 3.05) is 0 Å². The standard InChI is InChI=1S/C15H14BrN5O4/c1-19-10-4-8(16)9(5-11(10)20(2)15(19)25)17-6-7-12(22)18-14(24)21(3)13(7)23/h4-6,23H,1-3H3,(H,18,22,24). The first kappa shape index (κ1) is 17.0. The summed E-state index contributed by atoms with van der Waals surface area (Å²) in [6.45, 7) is 0. The highest BCUT2D eigenvalue weighted by Crippen LogP contribution is 2.30. The molecule has 130 valence electrons. The Balaban J connectivity index is 2.18. The lowest BCUT2D eigenvalue weighted by Crippen LogP contribution is -2.30. The molecule has 0 radical (unpaired) electrons. The summed E-state index contributed by atoms with van der Waals surface area (Å²) in [6.07, 6.45) is 1.17. The predicted octanol–water partition coefficient (Wildman–Crippen LogP) is 0.483. The Morgan fingerprint density at radius 3 is 2.32 bits per heavy atom. The number of aromatic hydroxyl groups is 1. The highest BCUT2D eigenvalue weighted by molar-refractivity contribution is 9.10. The van der Waals surface area contributed by atoms with Crippen LogP contribution in [0.5, 0.6) is 5.88 Å². The fourth-order valence-electron chi connectivity index (χ4n) is 2.48. The van der Waals surface area contributed by atoms with Gasteiger partial charge in [0.25, 0.3) is 5.56 Å². The van der Waals surface area contributed by atoms with Crippen molar-refractivity contribution in [1.82, 2.24) is 18.7 Å². The van der Waals surface area contributed by atoms with Gasteiger partial charge in [-0.05, 0) is 28.1 Å². The number of hydrogen-bond acceptors (Lipinski definition) is 5. The van der Waals surface area contributed by atoms with Crippen LogP contribution in [0.4, 0.5) is 5.69 Å². The molecular formula is C15H14BrN5O4. The molecule has 25 heavy (non-hydrogen) atoms. The molecule has 1 aromatic carbocycles. The Morgan fingerprint density at radius 1 is 1.08 bits per heavy atom. The summed E-state index contributed by atoms with van der Waals surface area (Å²) in [5.74, 6) is -0.484. The van der Waals surface area contributed by atoms with Gasteiger partial charge in [0, 0.05) is 31.8 Å². The molecule has 2 aromatic heterocycles. The van der Waals surface area contributed by atoms with Crippen LogP contribution in [0.3, 0.4) is 0 Å². The lowest BCUT2D eigenvalue weighted by molar-refractivity contribution is 0.417. The number of aliphatic imine (C=N–C) groups is 1. The highest BCUT2D eigenvalue weighted by Gasteiger charge is 2.12. The minimum absolute atomic E-state index is 0.143. The van der Waals surface area contributed by atoms with Gasteiger partial charge >= 0.3 is 11.4 Å². The Bertz CT molecular complexity index is 1210. The van der Waals surface area contributed by atoms with E-state index in [2.05, 4.69) is 25.9 Å². The van der Waals surface area contributed by atoms with Crippen LogP contribution in [0.1, 0.15) is 5.56 Å². The van der Waals surface area contributed by atoms with Crippen molar-refractivity contribution >= 4 is 38.9 Å². The number of imidazole rings is 1. The molecule has 0 aliphatic carbocycles. The molecule has 9 nitrogen and oxygen atoms in total. The lowest BCUT2D eigenvalue weighted by Gasteiger charge is -2.04. The Morgan fingerprint density at radius 2 is 1.68 bits per heavy atom. The maximum atomic E-state index is 12.0. The zero-order valence-corrected chi connectivity index (χ0v) is 15.2. The number of benzene rings is 1. The minimum Gasteiger partial charge on any atom is -0.494 e. The van der Waals surface area contributed by atoms with Crippen LogP contribution in [0.15, 0.2) is 36.0 Å². The Labute approximate surface area is 148 Å². The molecule has 0 atom stereocenters. The van der Waals surface area contributed by atoms with Gasteiger partial charge in [0.15, 0.2) is 0 Å². The Hall–Kier alpha value is -2.88. The first-order valence-corrected chi connectivity index (χ1v) is 7.93. The van der Waals surface area contributed by atoms with Crippen LogP contribution in [0, 0.1) is 0 Å². The van der Waals surface area contributed by atoms with Crippen LogP contribution >= 0.6 is 15.9 Å². The van der Waals surface area contributed by atoms with Crippen molar-refractivity contribution in [3.63, 3.8) is 0 Å². The minimum atomic E-state index is -0.742. The summed E-state index contributed by atoms with van der Waals surface area (Å²) >= 11 is 3.38. The van der Waals surface area contributed by atoms with Gasteiger partial charge < -0.3 is 5.11 Å². The van der Waals surface area contributed by atoms with Crippen LogP contribution in [0.2, 0.25) is 0 Å². The molecule has 0 amide bonds. The molecule has 3 aromatic rings. The molecule has 2 heterocycles. The van der Waals surface area contributed by atoms with E-state index in [0.717, 1.165) is 10.1 Å². The summed E-state index contributed by atoms with van der Waals surface area (Å²) in [5, 5.41) is 9.95. The average Bonchev–Trinajstić information content (AvgIpc) is 2.77. The van der Waals surface area contributed by atoms with E-state index in [1.807, 2.05) is 0 Å². The quantitative estimate of drug-likeness (QED) is 0.601. The van der Waals surface area contributed by atoms with Gasteiger partial charge in [-0.3, -0.25) is 28.5 Å². The fraction of sp³-hybridized carbons (Fsp3) is 0.200. The molecule has 3 rings (SSSR count). The number of halogens is 1. The van der Waals surface area contributed by atoms with Crippen LogP contribution < -0.4 is 16.9 Å². The van der Waals surface area contributed by atoms with Gasteiger partial charge in [0.2, 0.25) is 5.88 Å². The first-order valence-electron chi connectivity index (χ1n) is 7.13. The number of nitrogens with zero attached hydrogens (tertiary/aromatic N) is 4. The second-order valence-electron chi connectivity index (χ2n) is 5.51.